The van der Waals surface area contributed by atoms with Crippen LogP contribution in [0.4, 0.5) is 23.2 Å². The van der Waals surface area contributed by atoms with E-state index in [1.807, 2.05) is 0 Å². The summed E-state index contributed by atoms with van der Waals surface area (Å²) in [6.45, 7) is -0.801. The standard InChI is InChI=1S/C20H22F4N2O5S/c21-13-2-3-15(18(10-13)32(30)31)16-9-12(20(22,23)24)1-4-17(16)25-11-19(29)26-14(5-7-27)6-8-28/h1-4,9-10,14,25,27-28H,5-8,11H2,(H,26,29)(H,30,31). The fraction of sp³-hybridized carbons (Fsp3) is 0.350. The second-order valence-corrected chi connectivity index (χ2v) is 7.73. The highest BCUT2D eigenvalue weighted by Crippen LogP contribution is 2.38. The average molecular weight is 478 g/mol. The number of aliphatic hydroxyl groups excluding tert-OH is 2. The molecule has 0 aromatic heterocycles. The highest BCUT2D eigenvalue weighted by atomic mass is 32.2. The van der Waals surface area contributed by atoms with E-state index in [0.29, 0.717) is 0 Å². The van der Waals surface area contributed by atoms with Crippen LogP contribution < -0.4 is 10.6 Å². The number of hydrogen-bond donors (Lipinski definition) is 5. The summed E-state index contributed by atoms with van der Waals surface area (Å²) < 4.78 is 74.4. The maximum atomic E-state index is 13.6. The summed E-state index contributed by atoms with van der Waals surface area (Å²) in [4.78, 5) is 11.8. The van der Waals surface area contributed by atoms with E-state index in [1.165, 1.54) is 0 Å². The summed E-state index contributed by atoms with van der Waals surface area (Å²) in [6, 6.07) is 4.86. The molecule has 7 nitrogen and oxygen atoms in total. The Morgan fingerprint density at radius 2 is 1.69 bits per heavy atom. The Labute approximate surface area is 183 Å². The molecule has 0 radical (unpaired) electrons. The number of hydrogen-bond acceptors (Lipinski definition) is 5. The monoisotopic (exact) mass is 478 g/mol. The molecular weight excluding hydrogens is 456 g/mol. The lowest BCUT2D eigenvalue weighted by molar-refractivity contribution is -0.137. The highest BCUT2D eigenvalue weighted by molar-refractivity contribution is 7.79. The molecule has 12 heteroatoms. The van der Waals surface area contributed by atoms with Crippen LogP contribution in [0, 0.1) is 5.82 Å². The first kappa shape index (κ1) is 25.7. The van der Waals surface area contributed by atoms with Gasteiger partial charge in [0, 0.05) is 36.1 Å². The van der Waals surface area contributed by atoms with Gasteiger partial charge in [-0.25, -0.2) is 8.60 Å². The Morgan fingerprint density at radius 3 is 2.25 bits per heavy atom. The second kappa shape index (κ2) is 11.4. The summed E-state index contributed by atoms with van der Waals surface area (Å²) in [5, 5.41) is 23.3. The van der Waals surface area contributed by atoms with Crippen molar-refractivity contribution >= 4 is 22.7 Å². The van der Waals surface area contributed by atoms with Gasteiger partial charge < -0.3 is 25.4 Å². The number of alkyl halides is 3. The minimum absolute atomic E-state index is 0.0484. The molecule has 0 fully saturated rings. The number of nitrogens with one attached hydrogen (secondary N) is 2. The van der Waals surface area contributed by atoms with E-state index in [-0.39, 0.29) is 49.4 Å². The first-order valence-electron chi connectivity index (χ1n) is 9.43. The fourth-order valence-corrected chi connectivity index (χ4v) is 3.59. The highest BCUT2D eigenvalue weighted by Gasteiger charge is 2.31. The Kier molecular flexibility index (Phi) is 9.13. The molecule has 176 valence electrons. The van der Waals surface area contributed by atoms with Crippen LogP contribution in [0.1, 0.15) is 18.4 Å². The molecular formula is C20H22F4N2O5S. The van der Waals surface area contributed by atoms with Gasteiger partial charge >= 0.3 is 6.18 Å². The molecule has 0 bridgehead atoms. The van der Waals surface area contributed by atoms with Crippen LogP contribution in [-0.4, -0.2) is 50.7 Å². The van der Waals surface area contributed by atoms with Crippen LogP contribution in [0.2, 0.25) is 0 Å². The van der Waals surface area contributed by atoms with Crippen LogP contribution >= 0.6 is 0 Å². The zero-order valence-corrected chi connectivity index (χ0v) is 17.5. The summed E-state index contributed by atoms with van der Waals surface area (Å²) >= 11 is -2.69. The smallest absolute Gasteiger partial charge is 0.396 e. The van der Waals surface area contributed by atoms with Crippen molar-refractivity contribution in [3.63, 3.8) is 0 Å². The van der Waals surface area contributed by atoms with Crippen molar-refractivity contribution in [2.24, 2.45) is 0 Å². The van der Waals surface area contributed by atoms with E-state index in [9.17, 15) is 31.1 Å². The van der Waals surface area contributed by atoms with E-state index in [0.717, 1.165) is 36.4 Å². The number of carbonyl (C=O) groups is 1. The molecule has 1 unspecified atom stereocenters. The Hall–Kier alpha value is -2.54. The first-order chi connectivity index (χ1) is 15.1. The molecule has 0 aliphatic carbocycles. The lowest BCUT2D eigenvalue weighted by atomic mass is 10.00. The Balaban J connectivity index is 2.38. The molecule has 2 aromatic carbocycles. The van der Waals surface area contributed by atoms with Crippen LogP contribution in [0.25, 0.3) is 11.1 Å². The zero-order chi connectivity index (χ0) is 23.9. The first-order valence-corrected chi connectivity index (χ1v) is 10.5. The quantitative estimate of drug-likeness (QED) is 0.265. The third kappa shape index (κ3) is 6.99. The third-order valence-electron chi connectivity index (χ3n) is 4.53. The van der Waals surface area contributed by atoms with Crippen molar-refractivity contribution in [2.75, 3.05) is 25.1 Å². The molecule has 1 atom stereocenters. The number of carbonyl (C=O) groups excluding carboxylic acids is 1. The van der Waals surface area contributed by atoms with Crippen molar-refractivity contribution < 1.29 is 41.3 Å². The molecule has 0 aliphatic heterocycles. The van der Waals surface area contributed by atoms with Crippen LogP contribution in [0.3, 0.4) is 0 Å². The molecule has 2 rings (SSSR count). The van der Waals surface area contributed by atoms with Crippen molar-refractivity contribution in [1.29, 1.82) is 0 Å². The van der Waals surface area contributed by atoms with Crippen molar-refractivity contribution in [1.82, 2.24) is 5.32 Å². The number of amides is 1. The number of rotatable bonds is 10. The van der Waals surface area contributed by atoms with E-state index < -0.39 is 45.5 Å². The topological polar surface area (TPSA) is 119 Å². The molecule has 32 heavy (non-hydrogen) atoms. The third-order valence-corrected chi connectivity index (χ3v) is 5.24. The molecule has 0 spiro atoms. The largest absolute Gasteiger partial charge is 0.416 e. The number of benzene rings is 2. The number of anilines is 1. The maximum absolute atomic E-state index is 13.6. The van der Waals surface area contributed by atoms with Gasteiger partial charge in [-0.05, 0) is 43.2 Å². The maximum Gasteiger partial charge on any atom is 0.416 e. The molecule has 2 aromatic rings. The van der Waals surface area contributed by atoms with E-state index in [4.69, 9.17) is 10.2 Å². The van der Waals surface area contributed by atoms with Crippen molar-refractivity contribution in [3.05, 3.63) is 47.8 Å². The predicted molar refractivity (Wildman–Crippen MR) is 110 cm³/mol. The fourth-order valence-electron chi connectivity index (χ4n) is 3.02. The van der Waals surface area contributed by atoms with Crippen molar-refractivity contribution in [2.45, 2.75) is 30.0 Å². The van der Waals surface area contributed by atoms with Gasteiger partial charge in [0.05, 0.1) is 17.0 Å². The van der Waals surface area contributed by atoms with Gasteiger partial charge in [0.2, 0.25) is 5.91 Å². The van der Waals surface area contributed by atoms with E-state index >= 15 is 0 Å². The molecule has 0 saturated carbocycles. The average Bonchev–Trinajstić information content (AvgIpc) is 2.72. The van der Waals surface area contributed by atoms with Gasteiger partial charge in [-0.3, -0.25) is 4.79 Å². The van der Waals surface area contributed by atoms with Gasteiger partial charge in [0.25, 0.3) is 0 Å². The van der Waals surface area contributed by atoms with Crippen LogP contribution in [0.5, 0.6) is 0 Å². The molecule has 0 aliphatic rings. The van der Waals surface area contributed by atoms with E-state index in [2.05, 4.69) is 10.6 Å². The van der Waals surface area contributed by atoms with Crippen LogP contribution in [0.15, 0.2) is 41.3 Å². The molecule has 0 saturated heterocycles. The zero-order valence-electron chi connectivity index (χ0n) is 16.7. The van der Waals surface area contributed by atoms with Crippen molar-refractivity contribution in [3.8, 4) is 11.1 Å². The molecule has 1 amide bonds. The minimum atomic E-state index is -4.70. The van der Waals surface area contributed by atoms with E-state index in [1.54, 1.807) is 0 Å². The van der Waals surface area contributed by atoms with Gasteiger partial charge in [0.15, 0.2) is 11.1 Å². The SMILES string of the molecule is O=C(CNc1ccc(C(F)(F)F)cc1-c1ccc(F)cc1S(=O)O)NC(CCO)CCO. The van der Waals surface area contributed by atoms with Gasteiger partial charge in [-0.1, -0.05) is 6.07 Å². The van der Waals surface area contributed by atoms with Gasteiger partial charge in [0.1, 0.15) is 5.82 Å². The molecule has 5 N–H and O–H groups in total. The lowest BCUT2D eigenvalue weighted by Crippen LogP contribution is -2.39. The van der Waals surface area contributed by atoms with Crippen LogP contribution in [-0.2, 0) is 22.1 Å². The Morgan fingerprint density at radius 1 is 1.03 bits per heavy atom. The molecule has 0 heterocycles. The summed E-state index contributed by atoms with van der Waals surface area (Å²) in [5.41, 5.74) is -1.24. The summed E-state index contributed by atoms with van der Waals surface area (Å²) in [6.07, 6.45) is -4.29. The number of halogens is 4. The number of aliphatic hydroxyl groups is 2. The lowest BCUT2D eigenvalue weighted by Gasteiger charge is -2.19. The summed E-state index contributed by atoms with van der Waals surface area (Å²) in [5.74, 6) is -1.39. The van der Waals surface area contributed by atoms with Gasteiger partial charge in [-0.2, -0.15) is 13.2 Å². The normalized spacial score (nSPS) is 12.6. The van der Waals surface area contributed by atoms with Gasteiger partial charge in [-0.15, -0.1) is 0 Å². The Bertz CT molecular complexity index is 965. The summed E-state index contributed by atoms with van der Waals surface area (Å²) in [7, 11) is 0. The minimum Gasteiger partial charge on any atom is -0.396 e. The predicted octanol–water partition coefficient (Wildman–Crippen LogP) is 2.75. The second-order valence-electron chi connectivity index (χ2n) is 6.79.